The molecule has 0 saturated heterocycles. The van der Waals surface area contributed by atoms with Gasteiger partial charge in [0, 0.05) is 23.1 Å². The molecule has 3 unspecified atom stereocenters. The normalized spacial score (nSPS) is 25.9. The van der Waals surface area contributed by atoms with Crippen LogP contribution in [0.1, 0.15) is 74.9 Å². The van der Waals surface area contributed by atoms with Gasteiger partial charge in [-0.15, -0.1) is 0 Å². The second-order valence-corrected chi connectivity index (χ2v) is 7.21. The molecule has 2 aliphatic rings. The Labute approximate surface area is 158 Å². The van der Waals surface area contributed by atoms with E-state index in [1.54, 1.807) is 6.92 Å². The molecule has 0 saturated carbocycles. The molecule has 0 aliphatic heterocycles. The molecule has 2 aliphatic carbocycles. The summed E-state index contributed by atoms with van der Waals surface area (Å²) in [6.07, 6.45) is -3.49. The molecule has 8 heteroatoms. The first kappa shape index (κ1) is 18.4. The van der Waals surface area contributed by atoms with Crippen molar-refractivity contribution in [2.45, 2.75) is 37.6 Å². The van der Waals surface area contributed by atoms with Crippen LogP contribution in [0.3, 0.4) is 0 Å². The Morgan fingerprint density at radius 1 is 0.964 bits per heavy atom. The van der Waals surface area contributed by atoms with Crippen molar-refractivity contribution in [1.82, 2.24) is 0 Å². The third kappa shape index (κ3) is 2.10. The van der Waals surface area contributed by atoms with Gasteiger partial charge in [-0.2, -0.15) is 0 Å². The SMILES string of the molecule is CCC1(O)CC(O)c2c(O)c3c(c(O)c2C1O)C(=O)c1cccc(O)c1C3=O. The van der Waals surface area contributed by atoms with Gasteiger partial charge in [-0.3, -0.25) is 9.59 Å². The Morgan fingerprint density at radius 3 is 2.21 bits per heavy atom. The van der Waals surface area contributed by atoms with Crippen molar-refractivity contribution in [2.24, 2.45) is 0 Å². The number of fused-ring (bicyclic) bond motifs is 3. The van der Waals surface area contributed by atoms with Crippen LogP contribution in [0.5, 0.6) is 17.2 Å². The fourth-order valence-corrected chi connectivity index (χ4v) is 4.20. The molecule has 6 N–H and O–H groups in total. The van der Waals surface area contributed by atoms with Crippen molar-refractivity contribution < 1.29 is 40.2 Å². The summed E-state index contributed by atoms with van der Waals surface area (Å²) in [5.41, 5.74) is -4.06. The van der Waals surface area contributed by atoms with Gasteiger partial charge in [0.15, 0.2) is 5.78 Å². The van der Waals surface area contributed by atoms with E-state index in [4.69, 9.17) is 0 Å². The molecular formula is C20H18O8. The van der Waals surface area contributed by atoms with E-state index >= 15 is 0 Å². The van der Waals surface area contributed by atoms with Crippen molar-refractivity contribution in [1.29, 1.82) is 0 Å². The van der Waals surface area contributed by atoms with Crippen LogP contribution in [0.25, 0.3) is 0 Å². The Morgan fingerprint density at radius 2 is 1.57 bits per heavy atom. The zero-order valence-electron chi connectivity index (χ0n) is 14.8. The fourth-order valence-electron chi connectivity index (χ4n) is 4.20. The predicted octanol–water partition coefficient (Wildman–Crippen LogP) is 1.19. The van der Waals surface area contributed by atoms with E-state index in [2.05, 4.69) is 0 Å². The molecule has 0 spiro atoms. The maximum Gasteiger partial charge on any atom is 0.202 e. The fraction of sp³-hybridized carbons (Fsp3) is 0.300. The number of carbonyl (C=O) groups excluding carboxylic acids is 2. The number of hydrogen-bond acceptors (Lipinski definition) is 8. The lowest BCUT2D eigenvalue weighted by Gasteiger charge is -2.41. The molecule has 8 nitrogen and oxygen atoms in total. The predicted molar refractivity (Wildman–Crippen MR) is 94.5 cm³/mol. The summed E-state index contributed by atoms with van der Waals surface area (Å²) < 4.78 is 0. The lowest BCUT2D eigenvalue weighted by molar-refractivity contribution is -0.117. The second kappa shape index (κ2) is 5.78. The van der Waals surface area contributed by atoms with E-state index in [-0.39, 0.29) is 35.1 Å². The molecule has 0 bridgehead atoms. The average molecular weight is 386 g/mol. The van der Waals surface area contributed by atoms with Crippen molar-refractivity contribution in [3.63, 3.8) is 0 Å². The van der Waals surface area contributed by atoms with Gasteiger partial charge in [-0.05, 0) is 12.5 Å². The zero-order chi connectivity index (χ0) is 20.5. The first-order valence-corrected chi connectivity index (χ1v) is 8.75. The minimum absolute atomic E-state index is 0.0333. The standard InChI is InChI=1S/C20H18O8/c1-2-20(28)6-9(22)11-14(19(20)27)18(26)12-13(17(11)25)16(24)10-7(15(12)23)4-3-5-8(10)21/h3-5,9,19,21-22,25-28H,2,6H2,1H3. The molecule has 0 heterocycles. The van der Waals surface area contributed by atoms with E-state index in [9.17, 15) is 40.2 Å². The number of phenolic OH excluding ortho intramolecular Hbond substituents is 3. The first-order chi connectivity index (χ1) is 13.1. The maximum absolute atomic E-state index is 12.9. The third-order valence-corrected chi connectivity index (χ3v) is 5.77. The van der Waals surface area contributed by atoms with Crippen LogP contribution in [0, 0.1) is 0 Å². The van der Waals surface area contributed by atoms with E-state index in [0.29, 0.717) is 0 Å². The number of phenols is 3. The van der Waals surface area contributed by atoms with Gasteiger partial charge in [0.05, 0.1) is 28.4 Å². The van der Waals surface area contributed by atoms with Crippen LogP contribution >= 0.6 is 0 Å². The number of rotatable bonds is 1. The molecule has 4 rings (SSSR count). The van der Waals surface area contributed by atoms with Crippen molar-refractivity contribution in [2.75, 3.05) is 0 Å². The Balaban J connectivity index is 2.09. The zero-order valence-corrected chi connectivity index (χ0v) is 14.8. The van der Waals surface area contributed by atoms with E-state index in [1.165, 1.54) is 18.2 Å². The first-order valence-electron chi connectivity index (χ1n) is 8.75. The highest BCUT2D eigenvalue weighted by Gasteiger charge is 2.49. The molecule has 28 heavy (non-hydrogen) atoms. The van der Waals surface area contributed by atoms with Crippen LogP contribution in [0.2, 0.25) is 0 Å². The minimum atomic E-state index is -1.79. The summed E-state index contributed by atoms with van der Waals surface area (Å²) in [5, 5.41) is 63.2. The van der Waals surface area contributed by atoms with Crippen molar-refractivity contribution >= 4 is 11.6 Å². The average Bonchev–Trinajstić information content (AvgIpc) is 2.65. The smallest absolute Gasteiger partial charge is 0.202 e. The maximum atomic E-state index is 12.9. The van der Waals surface area contributed by atoms with Crippen LogP contribution in [0.4, 0.5) is 0 Å². The Bertz CT molecular complexity index is 1060. The molecule has 3 atom stereocenters. The van der Waals surface area contributed by atoms with Crippen molar-refractivity contribution in [3.8, 4) is 17.2 Å². The minimum Gasteiger partial charge on any atom is -0.507 e. The molecule has 0 fully saturated rings. The highest BCUT2D eigenvalue weighted by molar-refractivity contribution is 6.31. The molecule has 0 aromatic heterocycles. The van der Waals surface area contributed by atoms with Gasteiger partial charge in [-0.25, -0.2) is 0 Å². The van der Waals surface area contributed by atoms with Crippen LogP contribution in [-0.4, -0.2) is 47.8 Å². The monoisotopic (exact) mass is 386 g/mol. The Kier molecular flexibility index (Phi) is 3.80. The lowest BCUT2D eigenvalue weighted by atomic mass is 9.71. The topological polar surface area (TPSA) is 156 Å². The number of hydrogen-bond donors (Lipinski definition) is 6. The third-order valence-electron chi connectivity index (χ3n) is 5.77. The van der Waals surface area contributed by atoms with Crippen molar-refractivity contribution in [3.05, 3.63) is 51.6 Å². The molecule has 2 aromatic rings. The summed E-state index contributed by atoms with van der Waals surface area (Å²) in [6.45, 7) is 1.57. The van der Waals surface area contributed by atoms with Gasteiger partial charge >= 0.3 is 0 Å². The van der Waals surface area contributed by atoms with Crippen LogP contribution in [0.15, 0.2) is 18.2 Å². The summed E-state index contributed by atoms with van der Waals surface area (Å²) >= 11 is 0. The quantitative estimate of drug-likeness (QED) is 0.341. The molecule has 146 valence electrons. The second-order valence-electron chi connectivity index (χ2n) is 7.21. The summed E-state index contributed by atoms with van der Waals surface area (Å²) in [4.78, 5) is 25.9. The number of aliphatic hydroxyl groups excluding tert-OH is 2. The summed E-state index contributed by atoms with van der Waals surface area (Å²) in [7, 11) is 0. The Hall–Kier alpha value is -2.94. The van der Waals surface area contributed by atoms with E-state index < -0.39 is 57.8 Å². The summed E-state index contributed by atoms with van der Waals surface area (Å²) in [5.74, 6) is -3.73. The highest BCUT2D eigenvalue weighted by atomic mass is 16.3. The van der Waals surface area contributed by atoms with E-state index in [1.807, 2.05) is 0 Å². The van der Waals surface area contributed by atoms with Gasteiger partial charge in [0.2, 0.25) is 5.78 Å². The van der Waals surface area contributed by atoms with E-state index in [0.717, 1.165) is 0 Å². The van der Waals surface area contributed by atoms with Gasteiger partial charge in [-0.1, -0.05) is 19.1 Å². The van der Waals surface area contributed by atoms with Gasteiger partial charge < -0.3 is 30.6 Å². The number of aromatic hydroxyl groups is 3. The lowest BCUT2D eigenvalue weighted by Crippen LogP contribution is -2.42. The summed E-state index contributed by atoms with van der Waals surface area (Å²) in [6, 6.07) is 3.86. The van der Waals surface area contributed by atoms with Crippen LogP contribution in [-0.2, 0) is 0 Å². The molecule has 2 aromatic carbocycles. The molecular weight excluding hydrogens is 368 g/mol. The number of ketones is 2. The molecule has 0 radical (unpaired) electrons. The number of carbonyl (C=O) groups is 2. The molecule has 0 amide bonds. The number of benzene rings is 2. The number of aliphatic hydroxyl groups is 3. The van der Waals surface area contributed by atoms with Gasteiger partial charge in [0.1, 0.15) is 23.4 Å². The largest absolute Gasteiger partial charge is 0.507 e. The highest BCUT2D eigenvalue weighted by Crippen LogP contribution is 2.54. The van der Waals surface area contributed by atoms with Crippen LogP contribution < -0.4 is 0 Å². The van der Waals surface area contributed by atoms with Gasteiger partial charge in [0.25, 0.3) is 0 Å².